The van der Waals surface area contributed by atoms with Gasteiger partial charge in [0, 0.05) is 35.6 Å². The molecule has 176 valence electrons. The van der Waals surface area contributed by atoms with E-state index in [9.17, 15) is 18.0 Å². The van der Waals surface area contributed by atoms with Crippen LogP contribution in [0.3, 0.4) is 0 Å². The van der Waals surface area contributed by atoms with Crippen LogP contribution in [-0.2, 0) is 10.0 Å². The van der Waals surface area contributed by atoms with Crippen LogP contribution in [-0.4, -0.2) is 37.6 Å². The van der Waals surface area contributed by atoms with Gasteiger partial charge in [0.25, 0.3) is 11.8 Å². The van der Waals surface area contributed by atoms with Gasteiger partial charge in [-0.05, 0) is 73.9 Å². The Bertz CT molecular complexity index is 1280. The molecule has 3 aromatic rings. The number of hydrogen-bond donors (Lipinski definition) is 2. The van der Waals surface area contributed by atoms with Crippen molar-refractivity contribution in [2.45, 2.75) is 31.1 Å². The van der Waals surface area contributed by atoms with Crippen LogP contribution >= 0.6 is 0 Å². The molecule has 34 heavy (non-hydrogen) atoms. The van der Waals surface area contributed by atoms with Crippen molar-refractivity contribution in [2.75, 3.05) is 23.7 Å². The number of anilines is 2. The van der Waals surface area contributed by atoms with E-state index in [-0.39, 0.29) is 16.4 Å². The number of carbonyl (C=O) groups excluding carboxylic acids is 2. The summed E-state index contributed by atoms with van der Waals surface area (Å²) in [5, 5.41) is 5.60. The molecule has 7 nitrogen and oxygen atoms in total. The predicted octanol–water partition coefficient (Wildman–Crippen LogP) is 4.67. The molecule has 0 unspecified atom stereocenters. The first-order valence-electron chi connectivity index (χ1n) is 11.2. The second-order valence-electron chi connectivity index (χ2n) is 8.30. The molecule has 1 fully saturated rings. The summed E-state index contributed by atoms with van der Waals surface area (Å²) in [6.07, 6.45) is 2.72. The second-order valence-corrected chi connectivity index (χ2v) is 10.2. The Hall–Kier alpha value is -3.49. The van der Waals surface area contributed by atoms with Crippen LogP contribution in [0.2, 0.25) is 0 Å². The number of amides is 2. The summed E-state index contributed by atoms with van der Waals surface area (Å²) in [6, 6.07) is 20.4. The molecule has 0 saturated carbocycles. The Labute approximate surface area is 199 Å². The highest BCUT2D eigenvalue weighted by molar-refractivity contribution is 7.89. The molecular weight excluding hydrogens is 450 g/mol. The maximum Gasteiger partial charge on any atom is 0.255 e. The normalized spacial score (nSPS) is 14.4. The van der Waals surface area contributed by atoms with Gasteiger partial charge >= 0.3 is 0 Å². The van der Waals surface area contributed by atoms with Gasteiger partial charge in [-0.2, -0.15) is 4.31 Å². The molecule has 1 heterocycles. The molecule has 8 heteroatoms. The number of carbonyl (C=O) groups is 2. The maximum atomic E-state index is 13.1. The summed E-state index contributed by atoms with van der Waals surface area (Å²) in [5.41, 5.74) is 2.55. The highest BCUT2D eigenvalue weighted by Crippen LogP contribution is 2.25. The van der Waals surface area contributed by atoms with E-state index in [1.165, 1.54) is 10.4 Å². The summed E-state index contributed by atoms with van der Waals surface area (Å²) in [7, 11) is -3.65. The number of aryl methyl sites for hydroxylation is 1. The average molecular weight is 478 g/mol. The highest BCUT2D eigenvalue weighted by atomic mass is 32.2. The van der Waals surface area contributed by atoms with Crippen molar-refractivity contribution in [3.63, 3.8) is 0 Å². The number of piperidine rings is 1. The number of sulfonamides is 1. The largest absolute Gasteiger partial charge is 0.322 e. The van der Waals surface area contributed by atoms with Crippen molar-refractivity contribution in [3.05, 3.63) is 89.5 Å². The number of hydrogen-bond acceptors (Lipinski definition) is 4. The van der Waals surface area contributed by atoms with E-state index < -0.39 is 15.9 Å². The third-order valence-corrected chi connectivity index (χ3v) is 7.86. The van der Waals surface area contributed by atoms with E-state index in [1.807, 2.05) is 6.07 Å². The molecule has 1 saturated heterocycles. The molecular formula is C26H27N3O4S. The van der Waals surface area contributed by atoms with E-state index >= 15 is 0 Å². The van der Waals surface area contributed by atoms with E-state index in [2.05, 4.69) is 10.6 Å². The Morgan fingerprint density at radius 1 is 0.735 bits per heavy atom. The smallest absolute Gasteiger partial charge is 0.255 e. The summed E-state index contributed by atoms with van der Waals surface area (Å²) >= 11 is 0. The zero-order chi connectivity index (χ0) is 24.1. The summed E-state index contributed by atoms with van der Waals surface area (Å²) in [6.45, 7) is 2.75. The van der Waals surface area contributed by atoms with Crippen molar-refractivity contribution in [2.24, 2.45) is 0 Å². The lowest BCUT2D eigenvalue weighted by Gasteiger charge is -2.26. The van der Waals surface area contributed by atoms with Crippen molar-refractivity contribution in [3.8, 4) is 0 Å². The highest BCUT2D eigenvalue weighted by Gasteiger charge is 2.28. The summed E-state index contributed by atoms with van der Waals surface area (Å²) in [5.74, 6) is -0.629. The van der Waals surface area contributed by atoms with Crippen molar-refractivity contribution < 1.29 is 18.0 Å². The minimum absolute atomic E-state index is 0.168. The molecule has 0 atom stereocenters. The van der Waals surface area contributed by atoms with Gasteiger partial charge in [0.1, 0.15) is 0 Å². The fourth-order valence-corrected chi connectivity index (χ4v) is 5.66. The van der Waals surface area contributed by atoms with Crippen molar-refractivity contribution >= 4 is 33.2 Å². The van der Waals surface area contributed by atoms with Gasteiger partial charge in [-0.15, -0.1) is 0 Å². The third-order valence-electron chi connectivity index (χ3n) is 5.82. The number of rotatable bonds is 6. The van der Waals surface area contributed by atoms with Crippen molar-refractivity contribution in [1.82, 2.24) is 4.31 Å². The van der Waals surface area contributed by atoms with E-state index in [0.717, 1.165) is 19.3 Å². The topological polar surface area (TPSA) is 95.6 Å². The van der Waals surface area contributed by atoms with Crippen molar-refractivity contribution in [1.29, 1.82) is 0 Å². The molecule has 0 radical (unpaired) electrons. The number of benzene rings is 3. The minimum Gasteiger partial charge on any atom is -0.322 e. The second kappa shape index (κ2) is 10.2. The van der Waals surface area contributed by atoms with Gasteiger partial charge in [0.2, 0.25) is 10.0 Å². The fourth-order valence-electron chi connectivity index (χ4n) is 3.90. The van der Waals surface area contributed by atoms with Crippen LogP contribution in [0.15, 0.2) is 77.7 Å². The zero-order valence-electron chi connectivity index (χ0n) is 19.0. The molecule has 2 amide bonds. The third kappa shape index (κ3) is 5.35. The van der Waals surface area contributed by atoms with Crippen LogP contribution in [0.1, 0.15) is 45.5 Å². The van der Waals surface area contributed by atoms with Crippen LogP contribution in [0.25, 0.3) is 0 Å². The molecule has 0 spiro atoms. The SMILES string of the molecule is Cc1ccc(C(=O)Nc2ccc(NC(=O)c3ccccc3)cc2)cc1S(=O)(=O)N1CCCCC1. The molecule has 0 aromatic heterocycles. The monoisotopic (exact) mass is 477 g/mol. The quantitative estimate of drug-likeness (QED) is 0.539. The Balaban J connectivity index is 1.45. The molecule has 1 aliphatic heterocycles. The number of nitrogens with zero attached hydrogens (tertiary/aromatic N) is 1. The molecule has 0 bridgehead atoms. The molecule has 2 N–H and O–H groups in total. The van der Waals surface area contributed by atoms with Crippen LogP contribution in [0.4, 0.5) is 11.4 Å². The molecule has 0 aliphatic carbocycles. The average Bonchev–Trinajstić information content (AvgIpc) is 2.86. The van der Waals surface area contributed by atoms with Gasteiger partial charge < -0.3 is 10.6 Å². The van der Waals surface area contributed by atoms with Gasteiger partial charge in [-0.3, -0.25) is 9.59 Å². The first kappa shape index (κ1) is 23.7. The summed E-state index contributed by atoms with van der Waals surface area (Å²) in [4.78, 5) is 25.3. The van der Waals surface area contributed by atoms with E-state index in [1.54, 1.807) is 67.6 Å². The lowest BCUT2D eigenvalue weighted by Crippen LogP contribution is -2.36. The van der Waals surface area contributed by atoms with Gasteiger partial charge in [-0.1, -0.05) is 30.7 Å². The van der Waals surface area contributed by atoms with Gasteiger partial charge in [-0.25, -0.2) is 8.42 Å². The minimum atomic E-state index is -3.65. The Morgan fingerprint density at radius 3 is 1.88 bits per heavy atom. The predicted molar refractivity (Wildman–Crippen MR) is 133 cm³/mol. The Morgan fingerprint density at radius 2 is 1.29 bits per heavy atom. The summed E-state index contributed by atoms with van der Waals surface area (Å²) < 4.78 is 27.8. The Kier molecular flexibility index (Phi) is 7.09. The zero-order valence-corrected chi connectivity index (χ0v) is 19.8. The molecule has 4 rings (SSSR count). The van der Waals surface area contributed by atoms with Crippen LogP contribution < -0.4 is 10.6 Å². The van der Waals surface area contributed by atoms with Crippen LogP contribution in [0, 0.1) is 6.92 Å². The first-order valence-corrected chi connectivity index (χ1v) is 12.7. The van der Waals surface area contributed by atoms with E-state index in [0.29, 0.717) is 35.6 Å². The van der Waals surface area contributed by atoms with Gasteiger partial charge in [0.15, 0.2) is 0 Å². The lowest BCUT2D eigenvalue weighted by atomic mass is 10.1. The molecule has 1 aliphatic rings. The number of nitrogens with one attached hydrogen (secondary N) is 2. The first-order chi connectivity index (χ1) is 16.3. The van der Waals surface area contributed by atoms with E-state index in [4.69, 9.17) is 0 Å². The lowest BCUT2D eigenvalue weighted by molar-refractivity contribution is 0.101. The maximum absolute atomic E-state index is 13.1. The van der Waals surface area contributed by atoms with Crippen LogP contribution in [0.5, 0.6) is 0 Å². The fraction of sp³-hybridized carbons (Fsp3) is 0.231. The standard InChI is InChI=1S/C26H27N3O4S/c1-19-10-11-21(18-24(19)34(32,33)29-16-6-3-7-17-29)26(31)28-23-14-12-22(13-15-23)27-25(30)20-8-4-2-5-9-20/h2,4-5,8-15,18H,3,6-7,16-17H2,1H3,(H,27,30)(H,28,31). The van der Waals surface area contributed by atoms with Gasteiger partial charge in [0.05, 0.1) is 4.90 Å². The molecule has 3 aromatic carbocycles.